The number of carbonyl (C=O) groups is 2. The number of nitrogens with zero attached hydrogens (tertiary/aromatic N) is 2. The summed E-state index contributed by atoms with van der Waals surface area (Å²) in [5, 5.41) is 11.9. The molecule has 0 unspecified atom stereocenters. The third kappa shape index (κ3) is 5.54. The number of aliphatic carboxylic acids is 1. The normalized spacial score (nSPS) is 13.4. The summed E-state index contributed by atoms with van der Waals surface area (Å²) in [6.07, 6.45) is 3.79. The van der Waals surface area contributed by atoms with Gasteiger partial charge < -0.3 is 29.2 Å². The minimum atomic E-state index is -1.14. The van der Waals surface area contributed by atoms with Crippen molar-refractivity contribution in [2.75, 3.05) is 20.8 Å². The van der Waals surface area contributed by atoms with Gasteiger partial charge in [-0.3, -0.25) is 4.79 Å². The average molecular weight is 522 g/mol. The van der Waals surface area contributed by atoms with Crippen molar-refractivity contribution in [3.8, 4) is 17.2 Å². The highest BCUT2D eigenvalue weighted by molar-refractivity contribution is 6.07. The molecule has 0 spiro atoms. The van der Waals surface area contributed by atoms with E-state index in [0.717, 1.165) is 16.8 Å². The number of allylic oxidation sites excluding steroid dienone is 2. The van der Waals surface area contributed by atoms with Crippen molar-refractivity contribution in [3.05, 3.63) is 76.6 Å². The van der Waals surface area contributed by atoms with Gasteiger partial charge in [0.05, 0.1) is 32.9 Å². The second kappa shape index (κ2) is 11.2. The van der Waals surface area contributed by atoms with Crippen LogP contribution in [0.5, 0.6) is 17.2 Å². The summed E-state index contributed by atoms with van der Waals surface area (Å²) in [6.45, 7) is 1.68. The lowest BCUT2D eigenvalue weighted by Crippen LogP contribution is -2.24. The Labute approximate surface area is 219 Å². The lowest BCUT2D eigenvalue weighted by molar-refractivity contribution is -0.139. The first-order chi connectivity index (χ1) is 18.2. The standard InChI is InChI=1S/C28H28FN3O6/c1-16-20(10-17-11-22(36-3)28(23(12-17)37-4)38-15-26(34)35)19-7-8-24(29)31-27(19)21(16)13-25(33)30-14-18-6-5-9-32(18)2/h5-12H,13-15H2,1-4H3,(H,30,33)(H,34,35). The predicted molar refractivity (Wildman–Crippen MR) is 139 cm³/mol. The maximum absolute atomic E-state index is 14.2. The molecule has 4 rings (SSSR count). The molecule has 0 fully saturated rings. The van der Waals surface area contributed by atoms with E-state index in [0.29, 0.717) is 28.9 Å². The SMILES string of the molecule is COc1cc(C=C2C(C)=C(CC(=O)NCc3cccn3C)c3nc(F)ccc32)cc(OC)c1OCC(=O)O. The molecule has 1 amide bonds. The quantitative estimate of drug-likeness (QED) is 0.387. The number of ether oxygens (including phenoxy) is 3. The molecular weight excluding hydrogens is 493 g/mol. The number of aryl methyl sites for hydroxylation is 1. The summed E-state index contributed by atoms with van der Waals surface area (Å²) in [7, 11) is 4.78. The minimum Gasteiger partial charge on any atom is -0.493 e. The fourth-order valence-electron chi connectivity index (χ4n) is 4.35. The van der Waals surface area contributed by atoms with Crippen molar-refractivity contribution in [1.29, 1.82) is 0 Å². The van der Waals surface area contributed by atoms with Crippen molar-refractivity contribution < 1.29 is 33.3 Å². The number of hydrogen-bond donors (Lipinski definition) is 2. The van der Waals surface area contributed by atoms with E-state index in [4.69, 9.17) is 19.3 Å². The summed E-state index contributed by atoms with van der Waals surface area (Å²) in [4.78, 5) is 27.9. The van der Waals surface area contributed by atoms with Gasteiger partial charge in [-0.15, -0.1) is 0 Å². The Morgan fingerprint density at radius 2 is 1.87 bits per heavy atom. The molecule has 3 aromatic rings. The second-order valence-corrected chi connectivity index (χ2v) is 8.69. The van der Waals surface area contributed by atoms with E-state index in [1.165, 1.54) is 20.3 Å². The van der Waals surface area contributed by atoms with Crippen LogP contribution in [0.15, 0.2) is 48.2 Å². The molecule has 0 saturated carbocycles. The van der Waals surface area contributed by atoms with Crippen LogP contribution in [0.2, 0.25) is 0 Å². The molecule has 0 saturated heterocycles. The van der Waals surface area contributed by atoms with Gasteiger partial charge in [0, 0.05) is 24.5 Å². The maximum atomic E-state index is 14.2. The number of benzene rings is 1. The summed E-state index contributed by atoms with van der Waals surface area (Å²) >= 11 is 0. The molecule has 1 aliphatic rings. The fourth-order valence-corrected chi connectivity index (χ4v) is 4.35. The van der Waals surface area contributed by atoms with E-state index >= 15 is 0 Å². The van der Waals surface area contributed by atoms with Crippen LogP contribution in [0, 0.1) is 5.95 Å². The van der Waals surface area contributed by atoms with Gasteiger partial charge in [0.25, 0.3) is 0 Å². The number of nitrogens with one attached hydrogen (secondary N) is 1. The molecule has 38 heavy (non-hydrogen) atoms. The van der Waals surface area contributed by atoms with Gasteiger partial charge in [-0.1, -0.05) is 0 Å². The zero-order valence-corrected chi connectivity index (χ0v) is 21.5. The number of carbonyl (C=O) groups excluding carboxylic acids is 1. The average Bonchev–Trinajstić information content (AvgIpc) is 3.41. The lowest BCUT2D eigenvalue weighted by Gasteiger charge is -2.15. The van der Waals surface area contributed by atoms with Crippen LogP contribution >= 0.6 is 0 Å². The van der Waals surface area contributed by atoms with Gasteiger partial charge in [0.15, 0.2) is 18.1 Å². The molecule has 1 aliphatic carbocycles. The fraction of sp³-hybridized carbons (Fsp3) is 0.250. The van der Waals surface area contributed by atoms with Gasteiger partial charge in [0.1, 0.15) is 0 Å². The summed E-state index contributed by atoms with van der Waals surface area (Å²) < 4.78 is 32.3. The van der Waals surface area contributed by atoms with E-state index in [1.807, 2.05) is 42.9 Å². The molecule has 0 aliphatic heterocycles. The summed E-state index contributed by atoms with van der Waals surface area (Å²) in [6, 6.07) is 10.1. The minimum absolute atomic E-state index is 0.0334. The molecule has 0 bridgehead atoms. The first-order valence-electron chi connectivity index (χ1n) is 11.8. The third-order valence-electron chi connectivity index (χ3n) is 6.28. The Bertz CT molecular complexity index is 1430. The van der Waals surface area contributed by atoms with Crippen molar-refractivity contribution in [2.24, 2.45) is 7.05 Å². The van der Waals surface area contributed by atoms with E-state index in [-0.39, 0.29) is 29.6 Å². The Balaban J connectivity index is 1.69. The molecule has 1 aromatic carbocycles. The highest BCUT2D eigenvalue weighted by Gasteiger charge is 2.27. The largest absolute Gasteiger partial charge is 0.493 e. The lowest BCUT2D eigenvalue weighted by atomic mass is 10.0. The number of fused-ring (bicyclic) bond motifs is 1. The predicted octanol–water partition coefficient (Wildman–Crippen LogP) is 4.07. The first-order valence-corrected chi connectivity index (χ1v) is 11.8. The van der Waals surface area contributed by atoms with Gasteiger partial charge >= 0.3 is 5.97 Å². The topological polar surface area (TPSA) is 112 Å². The molecular formula is C28H28FN3O6. The van der Waals surface area contributed by atoms with E-state index < -0.39 is 18.5 Å². The Hall–Kier alpha value is -4.60. The van der Waals surface area contributed by atoms with Crippen LogP contribution in [0.3, 0.4) is 0 Å². The maximum Gasteiger partial charge on any atom is 0.341 e. The molecule has 2 N–H and O–H groups in total. The van der Waals surface area contributed by atoms with Gasteiger partial charge in [-0.25, -0.2) is 9.78 Å². The molecule has 198 valence electrons. The Morgan fingerprint density at radius 3 is 2.47 bits per heavy atom. The van der Waals surface area contributed by atoms with Crippen LogP contribution < -0.4 is 19.5 Å². The van der Waals surface area contributed by atoms with Crippen LogP contribution in [0.25, 0.3) is 17.2 Å². The number of aromatic nitrogens is 2. The molecule has 9 nitrogen and oxygen atoms in total. The number of methoxy groups -OCH3 is 2. The number of carboxylic acid groups (broad SMARTS) is 1. The van der Waals surface area contributed by atoms with Crippen LogP contribution in [-0.2, 0) is 23.2 Å². The smallest absolute Gasteiger partial charge is 0.341 e. The summed E-state index contributed by atoms with van der Waals surface area (Å²) in [5.41, 5.74) is 4.92. The van der Waals surface area contributed by atoms with Crippen molar-refractivity contribution in [2.45, 2.75) is 19.9 Å². The van der Waals surface area contributed by atoms with Crippen LogP contribution in [-0.4, -0.2) is 47.4 Å². The number of amides is 1. The molecule has 0 atom stereocenters. The zero-order valence-electron chi connectivity index (χ0n) is 21.5. The van der Waals surface area contributed by atoms with Crippen LogP contribution in [0.1, 0.15) is 35.9 Å². The third-order valence-corrected chi connectivity index (χ3v) is 6.28. The van der Waals surface area contributed by atoms with Gasteiger partial charge in [-0.2, -0.15) is 4.39 Å². The number of pyridine rings is 1. The van der Waals surface area contributed by atoms with E-state index in [1.54, 1.807) is 18.2 Å². The van der Waals surface area contributed by atoms with E-state index in [2.05, 4.69) is 10.3 Å². The molecule has 2 aromatic heterocycles. The Kier molecular flexibility index (Phi) is 7.80. The number of rotatable bonds is 10. The first kappa shape index (κ1) is 26.5. The van der Waals surface area contributed by atoms with E-state index in [9.17, 15) is 14.0 Å². The molecule has 2 heterocycles. The van der Waals surface area contributed by atoms with Crippen LogP contribution in [0.4, 0.5) is 4.39 Å². The Morgan fingerprint density at radius 1 is 1.16 bits per heavy atom. The van der Waals surface area contributed by atoms with Gasteiger partial charge in [0.2, 0.25) is 17.6 Å². The summed E-state index contributed by atoms with van der Waals surface area (Å²) in [5.74, 6) is -1.24. The van der Waals surface area contributed by atoms with Crippen molar-refractivity contribution in [3.63, 3.8) is 0 Å². The van der Waals surface area contributed by atoms with Crippen molar-refractivity contribution in [1.82, 2.24) is 14.9 Å². The second-order valence-electron chi connectivity index (χ2n) is 8.69. The monoisotopic (exact) mass is 521 g/mol. The number of halogens is 1. The number of hydrogen-bond acceptors (Lipinski definition) is 6. The highest BCUT2D eigenvalue weighted by Crippen LogP contribution is 2.44. The van der Waals surface area contributed by atoms with Gasteiger partial charge in [-0.05, 0) is 71.7 Å². The van der Waals surface area contributed by atoms with Crippen molar-refractivity contribution >= 4 is 29.1 Å². The molecule has 0 radical (unpaired) electrons. The number of carboxylic acids is 1. The zero-order chi connectivity index (χ0) is 27.4. The molecule has 10 heteroatoms. The highest BCUT2D eigenvalue weighted by atomic mass is 19.1.